The van der Waals surface area contributed by atoms with Crippen molar-refractivity contribution in [2.45, 2.75) is 58.8 Å². The third kappa shape index (κ3) is 2.52. The molecule has 20 heavy (non-hydrogen) atoms. The van der Waals surface area contributed by atoms with Gasteiger partial charge < -0.3 is 10.2 Å². The number of amides is 2. The molecule has 7 heteroatoms. The number of hydrogen-bond donors (Lipinski definition) is 1. The molecule has 1 saturated heterocycles. The Morgan fingerprint density at radius 3 is 2.70 bits per heavy atom. The van der Waals surface area contributed by atoms with Gasteiger partial charge in [0.15, 0.2) is 0 Å². The molecule has 1 aliphatic heterocycles. The largest absolute Gasteiger partial charge is 0.343 e. The van der Waals surface area contributed by atoms with Crippen molar-refractivity contribution in [2.24, 2.45) is 0 Å². The molecule has 1 fully saturated rings. The smallest absolute Gasteiger partial charge is 0.245 e. The van der Waals surface area contributed by atoms with Gasteiger partial charge >= 0.3 is 0 Å². The fourth-order valence-electron chi connectivity index (χ4n) is 2.48. The van der Waals surface area contributed by atoms with Crippen molar-refractivity contribution in [2.75, 3.05) is 0 Å². The van der Waals surface area contributed by atoms with Gasteiger partial charge in [-0.15, -0.1) is 0 Å². The maximum absolute atomic E-state index is 12.3. The number of carbonyl (C=O) groups is 2. The average molecular weight is 279 g/mol. The van der Waals surface area contributed by atoms with E-state index < -0.39 is 12.1 Å². The molecule has 2 unspecified atom stereocenters. The maximum Gasteiger partial charge on any atom is 0.245 e. The summed E-state index contributed by atoms with van der Waals surface area (Å²) in [5.41, 5.74) is 0. The normalized spacial score (nSPS) is 23.4. The molecule has 0 aliphatic carbocycles. The highest BCUT2D eigenvalue weighted by molar-refractivity contribution is 5.96. The minimum Gasteiger partial charge on any atom is -0.343 e. The third-order valence-corrected chi connectivity index (χ3v) is 3.53. The summed E-state index contributed by atoms with van der Waals surface area (Å²) in [4.78, 5) is 30.1. The highest BCUT2D eigenvalue weighted by Crippen LogP contribution is 2.17. The second-order valence-electron chi connectivity index (χ2n) is 5.34. The Labute approximate surface area is 118 Å². The van der Waals surface area contributed by atoms with E-state index in [1.807, 2.05) is 20.8 Å². The Morgan fingerprint density at radius 1 is 1.40 bits per heavy atom. The highest BCUT2D eigenvalue weighted by atomic mass is 16.2. The first-order valence-electron chi connectivity index (χ1n) is 6.95. The van der Waals surface area contributed by atoms with Crippen LogP contribution in [0.1, 0.15) is 46.0 Å². The summed E-state index contributed by atoms with van der Waals surface area (Å²) in [7, 11) is 0. The molecule has 2 heterocycles. The lowest BCUT2D eigenvalue weighted by Crippen LogP contribution is -2.61. The van der Waals surface area contributed by atoms with Crippen LogP contribution in [0.3, 0.4) is 0 Å². The molecule has 0 radical (unpaired) electrons. The van der Waals surface area contributed by atoms with Gasteiger partial charge in [0.25, 0.3) is 0 Å². The van der Waals surface area contributed by atoms with Gasteiger partial charge in [0, 0.05) is 6.04 Å². The summed E-state index contributed by atoms with van der Waals surface area (Å²) >= 11 is 0. The zero-order chi connectivity index (χ0) is 14.9. The molecule has 110 valence electrons. The standard InChI is InChI=1S/C13H21N5O2/c1-5-10-12(19)16-9(4)13(20)17(10)6-11-14-7-15-18(11)8(2)3/h7-10H,5-6H2,1-4H3,(H,16,19). The quantitative estimate of drug-likeness (QED) is 0.869. The molecular formula is C13H21N5O2. The first-order valence-corrected chi connectivity index (χ1v) is 6.95. The minimum absolute atomic E-state index is 0.0743. The zero-order valence-electron chi connectivity index (χ0n) is 12.3. The topological polar surface area (TPSA) is 80.1 Å². The lowest BCUT2D eigenvalue weighted by atomic mass is 10.1. The van der Waals surface area contributed by atoms with Gasteiger partial charge in [-0.05, 0) is 27.2 Å². The Balaban J connectivity index is 2.26. The summed E-state index contributed by atoms with van der Waals surface area (Å²) in [6.45, 7) is 7.92. The lowest BCUT2D eigenvalue weighted by molar-refractivity contribution is -0.149. The van der Waals surface area contributed by atoms with Gasteiger partial charge in [-0.25, -0.2) is 9.67 Å². The third-order valence-electron chi connectivity index (χ3n) is 3.53. The minimum atomic E-state index is -0.485. The molecule has 1 aromatic heterocycles. The van der Waals surface area contributed by atoms with E-state index in [1.54, 1.807) is 16.5 Å². The molecule has 2 amide bonds. The lowest BCUT2D eigenvalue weighted by Gasteiger charge is -2.37. The molecule has 7 nitrogen and oxygen atoms in total. The molecule has 0 saturated carbocycles. The second-order valence-corrected chi connectivity index (χ2v) is 5.34. The van der Waals surface area contributed by atoms with Gasteiger partial charge in [-0.1, -0.05) is 6.92 Å². The van der Waals surface area contributed by atoms with Crippen LogP contribution in [-0.2, 0) is 16.1 Å². The van der Waals surface area contributed by atoms with Crippen molar-refractivity contribution in [1.82, 2.24) is 25.0 Å². The molecule has 2 rings (SSSR count). The van der Waals surface area contributed by atoms with Crippen LogP contribution in [0.25, 0.3) is 0 Å². The molecule has 1 aliphatic rings. The van der Waals surface area contributed by atoms with E-state index in [2.05, 4.69) is 15.4 Å². The zero-order valence-corrected chi connectivity index (χ0v) is 12.3. The van der Waals surface area contributed by atoms with Crippen LogP contribution < -0.4 is 5.32 Å². The van der Waals surface area contributed by atoms with Crippen LogP contribution in [0, 0.1) is 0 Å². The van der Waals surface area contributed by atoms with Gasteiger partial charge in [-0.2, -0.15) is 5.10 Å². The van der Waals surface area contributed by atoms with Crippen LogP contribution in [0.5, 0.6) is 0 Å². The summed E-state index contributed by atoms with van der Waals surface area (Å²) in [6.07, 6.45) is 2.06. The summed E-state index contributed by atoms with van der Waals surface area (Å²) in [6, 6.07) is -0.754. The summed E-state index contributed by atoms with van der Waals surface area (Å²) < 4.78 is 1.77. The number of carbonyl (C=O) groups excluding carboxylic acids is 2. The van der Waals surface area contributed by atoms with Crippen LogP contribution >= 0.6 is 0 Å². The van der Waals surface area contributed by atoms with Crippen molar-refractivity contribution < 1.29 is 9.59 Å². The van der Waals surface area contributed by atoms with Crippen LogP contribution in [0.15, 0.2) is 6.33 Å². The Bertz CT molecular complexity index is 511. The maximum atomic E-state index is 12.3. The predicted octanol–water partition coefficient (Wildman–Crippen LogP) is 0.484. The summed E-state index contributed by atoms with van der Waals surface area (Å²) in [5.74, 6) is 0.527. The van der Waals surface area contributed by atoms with Crippen molar-refractivity contribution in [3.63, 3.8) is 0 Å². The van der Waals surface area contributed by atoms with Gasteiger partial charge in [-0.3, -0.25) is 9.59 Å². The Morgan fingerprint density at radius 2 is 2.10 bits per heavy atom. The molecule has 0 aromatic carbocycles. The van der Waals surface area contributed by atoms with E-state index >= 15 is 0 Å². The average Bonchev–Trinajstić information content (AvgIpc) is 2.84. The molecule has 1 aromatic rings. The highest BCUT2D eigenvalue weighted by Gasteiger charge is 2.38. The number of piperazine rings is 1. The second kappa shape index (κ2) is 5.60. The van der Waals surface area contributed by atoms with E-state index in [-0.39, 0.29) is 17.9 Å². The SMILES string of the molecule is CCC1C(=O)NC(C)C(=O)N1Cc1ncnn1C(C)C. The number of aromatic nitrogens is 3. The van der Waals surface area contributed by atoms with E-state index in [0.717, 1.165) is 0 Å². The molecule has 0 bridgehead atoms. The van der Waals surface area contributed by atoms with Crippen LogP contribution in [-0.4, -0.2) is 43.6 Å². The molecule has 2 atom stereocenters. The Kier molecular flexibility index (Phi) is 4.06. The van der Waals surface area contributed by atoms with Crippen molar-refractivity contribution in [3.05, 3.63) is 12.2 Å². The fraction of sp³-hybridized carbons (Fsp3) is 0.692. The van der Waals surface area contributed by atoms with E-state index in [0.29, 0.717) is 18.8 Å². The van der Waals surface area contributed by atoms with Gasteiger partial charge in [0.05, 0.1) is 6.54 Å². The van der Waals surface area contributed by atoms with Crippen molar-refractivity contribution >= 4 is 11.8 Å². The van der Waals surface area contributed by atoms with Crippen molar-refractivity contribution in [3.8, 4) is 0 Å². The predicted molar refractivity (Wildman–Crippen MR) is 72.6 cm³/mol. The monoisotopic (exact) mass is 279 g/mol. The first kappa shape index (κ1) is 14.5. The van der Waals surface area contributed by atoms with E-state index in [9.17, 15) is 9.59 Å². The molecule has 0 spiro atoms. The molecule has 1 N–H and O–H groups in total. The van der Waals surface area contributed by atoms with Crippen LogP contribution in [0.4, 0.5) is 0 Å². The first-order chi connectivity index (χ1) is 9.45. The number of nitrogens with one attached hydrogen (secondary N) is 1. The van der Waals surface area contributed by atoms with E-state index in [1.165, 1.54) is 6.33 Å². The van der Waals surface area contributed by atoms with Crippen molar-refractivity contribution in [1.29, 1.82) is 0 Å². The number of rotatable bonds is 4. The van der Waals surface area contributed by atoms with Gasteiger partial charge in [0.1, 0.15) is 24.2 Å². The Hall–Kier alpha value is -1.92. The number of hydrogen-bond acceptors (Lipinski definition) is 4. The van der Waals surface area contributed by atoms with Crippen LogP contribution in [0.2, 0.25) is 0 Å². The van der Waals surface area contributed by atoms with E-state index in [4.69, 9.17) is 0 Å². The summed E-state index contributed by atoms with van der Waals surface area (Å²) in [5, 5.41) is 6.87. The van der Waals surface area contributed by atoms with Gasteiger partial charge in [0.2, 0.25) is 11.8 Å². The molecular weight excluding hydrogens is 258 g/mol. The fourth-order valence-corrected chi connectivity index (χ4v) is 2.48. The number of nitrogens with zero attached hydrogens (tertiary/aromatic N) is 4.